The van der Waals surface area contributed by atoms with Crippen LogP contribution >= 0.6 is 0 Å². The second kappa shape index (κ2) is 7.39. The van der Waals surface area contributed by atoms with E-state index in [-0.39, 0.29) is 23.3 Å². The maximum atomic E-state index is 12.7. The van der Waals surface area contributed by atoms with E-state index >= 15 is 0 Å². The minimum atomic E-state index is -0.357. The van der Waals surface area contributed by atoms with Crippen molar-refractivity contribution in [3.05, 3.63) is 65.2 Å². The number of pyridine rings is 1. The molecule has 3 rings (SSSR count). The number of imidazole rings is 1. The molecule has 0 bridgehead atoms. The van der Waals surface area contributed by atoms with Gasteiger partial charge in [-0.15, -0.1) is 0 Å². The van der Waals surface area contributed by atoms with Gasteiger partial charge in [0.1, 0.15) is 0 Å². The molecule has 2 N–H and O–H groups in total. The van der Waals surface area contributed by atoms with Crippen molar-refractivity contribution in [1.29, 1.82) is 0 Å². The summed E-state index contributed by atoms with van der Waals surface area (Å²) in [6.07, 6.45) is 2.56. The van der Waals surface area contributed by atoms with E-state index in [1.165, 1.54) is 0 Å². The molecule has 0 unspecified atom stereocenters. The van der Waals surface area contributed by atoms with Crippen LogP contribution in [0.1, 0.15) is 45.6 Å². The summed E-state index contributed by atoms with van der Waals surface area (Å²) in [4.78, 5) is 29.4. The molecule has 0 aliphatic heterocycles. The molecule has 2 aromatic heterocycles. The molecule has 0 fully saturated rings. The van der Waals surface area contributed by atoms with Gasteiger partial charge in [0.15, 0.2) is 5.69 Å². The van der Waals surface area contributed by atoms with Crippen LogP contribution in [0.3, 0.4) is 0 Å². The molecular formula is C20H22N4O2. The number of nitrogens with zero attached hydrogens (tertiary/aromatic N) is 2. The van der Waals surface area contributed by atoms with Gasteiger partial charge >= 0.3 is 0 Å². The van der Waals surface area contributed by atoms with E-state index in [1.54, 1.807) is 22.7 Å². The molecule has 0 spiro atoms. The number of rotatable bonds is 5. The lowest BCUT2D eigenvalue weighted by atomic mass is 10.1. The number of hydrogen-bond donors (Lipinski definition) is 2. The second-order valence-electron chi connectivity index (χ2n) is 6.25. The zero-order chi connectivity index (χ0) is 18.7. The fraction of sp³-hybridized carbons (Fsp3) is 0.250. The number of carbonyl (C=O) groups is 2. The Kier molecular flexibility index (Phi) is 5.02. The van der Waals surface area contributed by atoms with E-state index in [0.717, 1.165) is 17.5 Å². The Bertz CT molecular complexity index is 975. The third-order valence-corrected chi connectivity index (χ3v) is 4.27. The molecule has 1 aromatic carbocycles. The van der Waals surface area contributed by atoms with Crippen LogP contribution in [-0.2, 0) is 0 Å². The summed E-state index contributed by atoms with van der Waals surface area (Å²) in [6.45, 7) is 6.55. The van der Waals surface area contributed by atoms with Gasteiger partial charge in [-0.05, 0) is 55.7 Å². The number of aromatic nitrogens is 2. The highest BCUT2D eigenvalue weighted by molar-refractivity contribution is 6.06. The molecule has 6 heteroatoms. The van der Waals surface area contributed by atoms with Crippen LogP contribution in [0.25, 0.3) is 5.52 Å². The molecule has 2 amide bonds. The Balaban J connectivity index is 1.95. The number of carbonyl (C=O) groups excluding carboxylic acids is 2. The predicted octanol–water partition coefficient (Wildman–Crippen LogP) is 3.34. The number of anilines is 1. The van der Waals surface area contributed by atoms with Gasteiger partial charge in [-0.25, -0.2) is 4.98 Å². The SMILES string of the molecule is CCCNC(=O)c1nc(C(=O)Nc2ccc(C)c(C)c2)n2ccccc12. The molecule has 0 radical (unpaired) electrons. The van der Waals surface area contributed by atoms with E-state index in [0.29, 0.717) is 17.7 Å². The van der Waals surface area contributed by atoms with Gasteiger partial charge in [-0.1, -0.05) is 19.1 Å². The van der Waals surface area contributed by atoms with E-state index in [9.17, 15) is 9.59 Å². The summed E-state index contributed by atoms with van der Waals surface area (Å²) in [5, 5.41) is 5.67. The summed E-state index contributed by atoms with van der Waals surface area (Å²) in [6, 6.07) is 11.1. The minimum Gasteiger partial charge on any atom is -0.351 e. The number of fused-ring (bicyclic) bond motifs is 1. The van der Waals surface area contributed by atoms with Gasteiger partial charge in [-0.2, -0.15) is 0 Å². The highest BCUT2D eigenvalue weighted by atomic mass is 16.2. The fourth-order valence-electron chi connectivity index (χ4n) is 2.69. The van der Waals surface area contributed by atoms with Crippen LogP contribution < -0.4 is 10.6 Å². The first kappa shape index (κ1) is 17.7. The zero-order valence-corrected chi connectivity index (χ0v) is 15.2. The normalized spacial score (nSPS) is 10.7. The molecule has 0 atom stereocenters. The van der Waals surface area contributed by atoms with Crippen LogP contribution in [0.2, 0.25) is 0 Å². The Morgan fingerprint density at radius 2 is 1.88 bits per heavy atom. The fourth-order valence-corrected chi connectivity index (χ4v) is 2.69. The quantitative estimate of drug-likeness (QED) is 0.741. The summed E-state index contributed by atoms with van der Waals surface area (Å²) in [5.74, 6) is -0.453. The Hall–Kier alpha value is -3.15. The number of aryl methyl sites for hydroxylation is 2. The standard InChI is InChI=1S/C20H22N4O2/c1-4-10-21-19(25)17-16-7-5-6-11-24(16)18(23-17)20(26)22-15-9-8-13(2)14(3)12-15/h5-9,11-12H,4,10H2,1-3H3,(H,21,25)(H,22,26). The van der Waals surface area contributed by atoms with Crippen molar-refractivity contribution >= 4 is 23.0 Å². The van der Waals surface area contributed by atoms with Crippen molar-refractivity contribution in [3.8, 4) is 0 Å². The van der Waals surface area contributed by atoms with Crippen LogP contribution in [0, 0.1) is 13.8 Å². The monoisotopic (exact) mass is 350 g/mol. The minimum absolute atomic E-state index is 0.181. The summed E-state index contributed by atoms with van der Waals surface area (Å²) in [7, 11) is 0. The van der Waals surface area contributed by atoms with Gasteiger partial charge < -0.3 is 10.6 Å². The smallest absolute Gasteiger partial charge is 0.292 e. The number of benzene rings is 1. The molecule has 6 nitrogen and oxygen atoms in total. The lowest BCUT2D eigenvalue weighted by Gasteiger charge is -2.07. The van der Waals surface area contributed by atoms with Crippen LogP contribution in [0.4, 0.5) is 5.69 Å². The summed E-state index contributed by atoms with van der Waals surface area (Å²) in [5.41, 5.74) is 3.80. The van der Waals surface area contributed by atoms with E-state index < -0.39 is 0 Å². The van der Waals surface area contributed by atoms with Crippen LogP contribution in [0.15, 0.2) is 42.6 Å². The van der Waals surface area contributed by atoms with Gasteiger partial charge in [0.25, 0.3) is 11.8 Å². The molecular weight excluding hydrogens is 328 g/mol. The first-order valence-electron chi connectivity index (χ1n) is 8.65. The van der Waals surface area contributed by atoms with Crippen molar-refractivity contribution in [1.82, 2.24) is 14.7 Å². The average Bonchev–Trinajstić information content (AvgIpc) is 3.03. The highest BCUT2D eigenvalue weighted by Crippen LogP contribution is 2.17. The average molecular weight is 350 g/mol. The van der Waals surface area contributed by atoms with Crippen LogP contribution in [0.5, 0.6) is 0 Å². The Morgan fingerprint density at radius 3 is 2.62 bits per heavy atom. The predicted molar refractivity (Wildman–Crippen MR) is 102 cm³/mol. The highest BCUT2D eigenvalue weighted by Gasteiger charge is 2.21. The number of nitrogens with one attached hydrogen (secondary N) is 2. The van der Waals surface area contributed by atoms with Crippen molar-refractivity contribution in [2.45, 2.75) is 27.2 Å². The van der Waals surface area contributed by atoms with Crippen LogP contribution in [-0.4, -0.2) is 27.7 Å². The zero-order valence-electron chi connectivity index (χ0n) is 15.2. The largest absolute Gasteiger partial charge is 0.351 e. The van der Waals surface area contributed by atoms with E-state index in [4.69, 9.17) is 0 Å². The summed E-state index contributed by atoms with van der Waals surface area (Å²) < 4.78 is 1.64. The molecule has 0 aliphatic rings. The third kappa shape index (κ3) is 3.44. The maximum absolute atomic E-state index is 12.7. The molecule has 0 aliphatic carbocycles. The second-order valence-corrected chi connectivity index (χ2v) is 6.25. The molecule has 2 heterocycles. The first-order valence-corrected chi connectivity index (χ1v) is 8.65. The van der Waals surface area contributed by atoms with Gasteiger partial charge in [0.05, 0.1) is 5.52 Å². The number of amides is 2. The molecule has 26 heavy (non-hydrogen) atoms. The van der Waals surface area contributed by atoms with Crippen molar-refractivity contribution in [3.63, 3.8) is 0 Å². The molecule has 0 saturated carbocycles. The van der Waals surface area contributed by atoms with Gasteiger partial charge in [-0.3, -0.25) is 14.0 Å². The molecule has 0 saturated heterocycles. The number of hydrogen-bond acceptors (Lipinski definition) is 3. The first-order chi connectivity index (χ1) is 12.5. The molecule has 3 aromatic rings. The topological polar surface area (TPSA) is 75.5 Å². The van der Waals surface area contributed by atoms with Crippen molar-refractivity contribution in [2.24, 2.45) is 0 Å². The Morgan fingerprint density at radius 1 is 1.08 bits per heavy atom. The van der Waals surface area contributed by atoms with Gasteiger partial charge in [0, 0.05) is 18.4 Å². The lowest BCUT2D eigenvalue weighted by Crippen LogP contribution is -2.24. The van der Waals surface area contributed by atoms with Gasteiger partial charge in [0.2, 0.25) is 5.82 Å². The maximum Gasteiger partial charge on any atom is 0.292 e. The summed E-state index contributed by atoms with van der Waals surface area (Å²) >= 11 is 0. The third-order valence-electron chi connectivity index (χ3n) is 4.27. The van der Waals surface area contributed by atoms with Crippen molar-refractivity contribution < 1.29 is 9.59 Å². The Labute approximate surface area is 152 Å². The van der Waals surface area contributed by atoms with Crippen molar-refractivity contribution in [2.75, 3.05) is 11.9 Å². The van der Waals surface area contributed by atoms with E-state index in [1.807, 2.05) is 45.0 Å². The van der Waals surface area contributed by atoms with E-state index in [2.05, 4.69) is 15.6 Å². The lowest BCUT2D eigenvalue weighted by molar-refractivity contribution is 0.0951. The molecule has 134 valence electrons.